The molecular weight excluding hydrogens is 446 g/mol. The molecule has 0 radical (unpaired) electrons. The third-order valence-electron chi connectivity index (χ3n) is 3.75. The Morgan fingerprint density at radius 1 is 1.03 bits per heavy atom. The first kappa shape index (κ1) is 21.7. The van der Waals surface area contributed by atoms with E-state index in [0.29, 0.717) is 0 Å². The molecular formula is C18H13F4N3O3S2. The Morgan fingerprint density at radius 2 is 1.70 bits per heavy atom. The third-order valence-corrected chi connectivity index (χ3v) is 5.21. The van der Waals surface area contributed by atoms with Crippen molar-refractivity contribution in [1.29, 1.82) is 0 Å². The summed E-state index contributed by atoms with van der Waals surface area (Å²) in [7, 11) is -3.87. The number of nitrogens with one attached hydrogen (secondary N) is 2. The Balaban J connectivity index is 1.70. The quantitative estimate of drug-likeness (QED) is 0.551. The summed E-state index contributed by atoms with van der Waals surface area (Å²) in [4.78, 5) is 16.3. The lowest BCUT2D eigenvalue weighted by Gasteiger charge is -2.10. The van der Waals surface area contributed by atoms with Gasteiger partial charge in [0.1, 0.15) is 16.4 Å². The van der Waals surface area contributed by atoms with Crippen LogP contribution in [0.15, 0.2) is 35.7 Å². The molecule has 0 saturated carbocycles. The van der Waals surface area contributed by atoms with E-state index in [-0.39, 0.29) is 28.4 Å². The summed E-state index contributed by atoms with van der Waals surface area (Å²) >= 11 is 1.03. The van der Waals surface area contributed by atoms with Crippen LogP contribution in [0.25, 0.3) is 10.6 Å². The Labute approximate surface area is 172 Å². The fourth-order valence-corrected chi connectivity index (χ4v) is 3.79. The molecule has 0 aliphatic rings. The molecule has 2 aromatic carbocycles. The van der Waals surface area contributed by atoms with Gasteiger partial charge in [-0.1, -0.05) is 0 Å². The van der Waals surface area contributed by atoms with Crippen molar-refractivity contribution in [2.24, 2.45) is 0 Å². The monoisotopic (exact) mass is 459 g/mol. The average molecular weight is 459 g/mol. The molecule has 0 bridgehead atoms. The smallest absolute Gasteiger partial charge is 0.271 e. The second-order valence-corrected chi connectivity index (χ2v) is 8.76. The first-order valence-electron chi connectivity index (χ1n) is 8.18. The van der Waals surface area contributed by atoms with E-state index in [4.69, 9.17) is 0 Å². The maximum absolute atomic E-state index is 14.0. The zero-order valence-electron chi connectivity index (χ0n) is 15.2. The molecule has 1 heterocycles. The first-order chi connectivity index (χ1) is 14.0. The number of halogens is 4. The highest BCUT2D eigenvalue weighted by Gasteiger charge is 2.17. The summed E-state index contributed by atoms with van der Waals surface area (Å²) in [6, 6.07) is 4.97. The van der Waals surface area contributed by atoms with Crippen molar-refractivity contribution in [2.75, 3.05) is 11.0 Å². The summed E-state index contributed by atoms with van der Waals surface area (Å²) in [5.41, 5.74) is -0.496. The van der Waals surface area contributed by atoms with Gasteiger partial charge < -0.3 is 5.32 Å². The number of benzene rings is 2. The lowest BCUT2D eigenvalue weighted by molar-refractivity contribution is 0.0946. The van der Waals surface area contributed by atoms with Crippen molar-refractivity contribution in [2.45, 2.75) is 6.54 Å². The van der Waals surface area contributed by atoms with Gasteiger partial charge in [-0.05, 0) is 35.9 Å². The number of anilines is 1. The van der Waals surface area contributed by atoms with Gasteiger partial charge in [0.25, 0.3) is 5.91 Å². The van der Waals surface area contributed by atoms with Crippen LogP contribution in [0.2, 0.25) is 0 Å². The van der Waals surface area contributed by atoms with Crippen LogP contribution in [0.4, 0.5) is 23.2 Å². The number of hydrogen-bond donors (Lipinski definition) is 2. The minimum absolute atomic E-state index is 0.0176. The van der Waals surface area contributed by atoms with Crippen LogP contribution in [0.3, 0.4) is 0 Å². The molecule has 30 heavy (non-hydrogen) atoms. The van der Waals surface area contributed by atoms with Crippen molar-refractivity contribution in [3.63, 3.8) is 0 Å². The van der Waals surface area contributed by atoms with Gasteiger partial charge >= 0.3 is 0 Å². The summed E-state index contributed by atoms with van der Waals surface area (Å²) in [6.45, 7) is -0.260. The van der Waals surface area contributed by atoms with Crippen LogP contribution in [-0.4, -0.2) is 25.6 Å². The Kier molecular flexibility index (Phi) is 6.08. The van der Waals surface area contributed by atoms with Crippen molar-refractivity contribution < 1.29 is 30.8 Å². The topological polar surface area (TPSA) is 88.2 Å². The number of rotatable bonds is 6. The predicted molar refractivity (Wildman–Crippen MR) is 103 cm³/mol. The van der Waals surface area contributed by atoms with Gasteiger partial charge in [0.15, 0.2) is 23.3 Å². The second kappa shape index (κ2) is 8.40. The molecule has 6 nitrogen and oxygen atoms in total. The van der Waals surface area contributed by atoms with Crippen molar-refractivity contribution >= 4 is 33.0 Å². The van der Waals surface area contributed by atoms with E-state index in [2.05, 4.69) is 10.3 Å². The molecule has 0 saturated heterocycles. The van der Waals surface area contributed by atoms with Gasteiger partial charge in [0.2, 0.25) is 10.0 Å². The summed E-state index contributed by atoms with van der Waals surface area (Å²) in [5.74, 6) is -4.99. The molecule has 0 fully saturated rings. The van der Waals surface area contributed by atoms with Crippen LogP contribution in [0.5, 0.6) is 0 Å². The third kappa shape index (κ3) is 5.13. The van der Waals surface area contributed by atoms with Crippen molar-refractivity contribution in [3.8, 4) is 10.6 Å². The number of sulfonamides is 1. The number of thiazole rings is 1. The van der Waals surface area contributed by atoms with E-state index in [0.717, 1.165) is 41.9 Å². The van der Waals surface area contributed by atoms with Crippen molar-refractivity contribution in [3.05, 3.63) is 70.2 Å². The first-order valence-corrected chi connectivity index (χ1v) is 11.0. The number of nitrogens with zero attached hydrogens (tertiary/aromatic N) is 1. The standard InChI is InChI=1S/C18H13F4N3O3S2/c1-30(27,28)25-16-13(21)4-9(5-14(16)22)7-23-17(26)15-8-29-18(24-15)10-2-3-11(19)12(20)6-10/h2-6,8,25H,7H2,1H3,(H,23,26). The van der Waals surface area contributed by atoms with E-state index >= 15 is 0 Å². The predicted octanol–water partition coefficient (Wildman–Crippen LogP) is 3.67. The highest BCUT2D eigenvalue weighted by molar-refractivity contribution is 7.92. The van der Waals surface area contributed by atoms with E-state index in [1.54, 1.807) is 4.72 Å². The number of carbonyl (C=O) groups excluding carboxylic acids is 1. The molecule has 3 aromatic rings. The minimum Gasteiger partial charge on any atom is -0.347 e. The normalized spacial score (nSPS) is 11.4. The molecule has 12 heteroatoms. The van der Waals surface area contributed by atoms with Gasteiger partial charge in [-0.3, -0.25) is 9.52 Å². The molecule has 0 atom stereocenters. The molecule has 0 unspecified atom stereocenters. The maximum atomic E-state index is 14.0. The zero-order chi connectivity index (χ0) is 22.1. The number of hydrogen-bond acceptors (Lipinski definition) is 5. The molecule has 0 aliphatic heterocycles. The van der Waals surface area contributed by atoms with E-state index in [9.17, 15) is 30.8 Å². The number of aromatic nitrogens is 1. The van der Waals surface area contributed by atoms with E-state index in [1.807, 2.05) is 0 Å². The lowest BCUT2D eigenvalue weighted by Crippen LogP contribution is -2.23. The van der Waals surface area contributed by atoms with E-state index < -0.39 is 44.9 Å². The van der Waals surface area contributed by atoms with Gasteiger partial charge in [-0.15, -0.1) is 11.3 Å². The Hall–Kier alpha value is -2.99. The SMILES string of the molecule is CS(=O)(=O)Nc1c(F)cc(CNC(=O)c2csc(-c3ccc(F)c(F)c3)n2)cc1F. The van der Waals surface area contributed by atoms with Gasteiger partial charge in [-0.2, -0.15) is 0 Å². The number of carbonyl (C=O) groups is 1. The van der Waals surface area contributed by atoms with Crippen LogP contribution in [0, 0.1) is 23.3 Å². The summed E-state index contributed by atoms with van der Waals surface area (Å²) in [5, 5.41) is 4.10. The fraction of sp³-hybridized carbons (Fsp3) is 0.111. The van der Waals surface area contributed by atoms with Crippen molar-refractivity contribution in [1.82, 2.24) is 10.3 Å². The molecule has 0 spiro atoms. The molecule has 1 aromatic heterocycles. The van der Waals surface area contributed by atoms with Crippen LogP contribution >= 0.6 is 11.3 Å². The van der Waals surface area contributed by atoms with E-state index in [1.165, 1.54) is 11.4 Å². The highest BCUT2D eigenvalue weighted by Crippen LogP contribution is 2.25. The Morgan fingerprint density at radius 3 is 2.30 bits per heavy atom. The zero-order valence-corrected chi connectivity index (χ0v) is 16.8. The second-order valence-electron chi connectivity index (χ2n) is 6.16. The van der Waals surface area contributed by atoms with Gasteiger partial charge in [-0.25, -0.2) is 31.0 Å². The molecule has 3 rings (SSSR count). The lowest BCUT2D eigenvalue weighted by atomic mass is 10.2. The molecule has 2 N–H and O–H groups in total. The molecule has 158 valence electrons. The van der Waals surface area contributed by atoms with Crippen LogP contribution in [-0.2, 0) is 16.6 Å². The largest absolute Gasteiger partial charge is 0.347 e. The Bertz CT molecular complexity index is 1210. The fourth-order valence-electron chi connectivity index (χ4n) is 2.42. The molecule has 0 aliphatic carbocycles. The van der Waals surface area contributed by atoms with Gasteiger partial charge in [0, 0.05) is 17.5 Å². The maximum Gasteiger partial charge on any atom is 0.271 e. The van der Waals surface area contributed by atoms with Gasteiger partial charge in [0.05, 0.1) is 6.26 Å². The highest BCUT2D eigenvalue weighted by atomic mass is 32.2. The summed E-state index contributed by atoms with van der Waals surface area (Å²) in [6.07, 6.45) is 0.752. The van der Waals surface area contributed by atoms with Crippen LogP contribution < -0.4 is 10.0 Å². The minimum atomic E-state index is -3.87. The summed E-state index contributed by atoms with van der Waals surface area (Å²) < 4.78 is 78.4. The number of amides is 1. The van der Waals surface area contributed by atoms with Crippen LogP contribution in [0.1, 0.15) is 16.1 Å². The average Bonchev–Trinajstić information content (AvgIpc) is 3.14. The molecule has 1 amide bonds.